The number of hydrogen-bond acceptors (Lipinski definition) is 4. The highest BCUT2D eigenvalue weighted by Crippen LogP contribution is 2.35. The number of amides is 3. The Morgan fingerprint density at radius 3 is 2.75 bits per heavy atom. The van der Waals surface area contributed by atoms with Crippen molar-refractivity contribution >= 4 is 17.7 Å². The molecule has 2 aliphatic rings. The molecule has 1 saturated heterocycles. The Kier molecular flexibility index (Phi) is 2.79. The van der Waals surface area contributed by atoms with E-state index < -0.39 is 35.8 Å². The fourth-order valence-corrected chi connectivity index (χ4v) is 2.60. The fraction of sp³-hybridized carbons (Fsp3) is 0.308. The lowest BCUT2D eigenvalue weighted by atomic mass is 10.0. The van der Waals surface area contributed by atoms with Gasteiger partial charge in [-0.05, 0) is 24.6 Å². The van der Waals surface area contributed by atoms with E-state index in [2.05, 4.69) is 5.32 Å². The summed E-state index contributed by atoms with van der Waals surface area (Å²) < 4.78 is 13.2. The maximum atomic E-state index is 13.2. The number of carbonyl (C=O) groups excluding carboxylic acids is 3. The van der Waals surface area contributed by atoms with E-state index in [1.807, 2.05) is 0 Å². The molecule has 1 aromatic carbocycles. The predicted octanol–water partition coefficient (Wildman–Crippen LogP) is 0.0776. The smallest absolute Gasteiger partial charge is 0.257 e. The number of nitrogens with one attached hydrogen (secondary N) is 1. The number of rotatable bonds is 1. The molecule has 20 heavy (non-hydrogen) atoms. The summed E-state index contributed by atoms with van der Waals surface area (Å²) in [5.74, 6) is -2.14. The van der Waals surface area contributed by atoms with Crippen molar-refractivity contribution < 1.29 is 23.9 Å². The van der Waals surface area contributed by atoms with E-state index in [9.17, 15) is 23.9 Å². The van der Waals surface area contributed by atoms with Gasteiger partial charge in [-0.1, -0.05) is 0 Å². The molecule has 0 aliphatic carbocycles. The number of piperidine rings is 1. The van der Waals surface area contributed by atoms with Crippen LogP contribution in [-0.4, -0.2) is 33.8 Å². The van der Waals surface area contributed by atoms with E-state index in [4.69, 9.17) is 0 Å². The van der Waals surface area contributed by atoms with Crippen molar-refractivity contribution in [1.82, 2.24) is 10.2 Å². The van der Waals surface area contributed by atoms with Crippen LogP contribution in [0.2, 0.25) is 0 Å². The first-order valence-electron chi connectivity index (χ1n) is 6.13. The molecule has 2 heterocycles. The molecule has 0 aromatic heterocycles. The van der Waals surface area contributed by atoms with E-state index >= 15 is 0 Å². The molecule has 0 radical (unpaired) electrons. The van der Waals surface area contributed by atoms with Crippen molar-refractivity contribution in [3.8, 4) is 0 Å². The fourth-order valence-electron chi connectivity index (χ4n) is 2.60. The number of halogens is 1. The van der Waals surface area contributed by atoms with Crippen molar-refractivity contribution in [3.05, 3.63) is 35.1 Å². The number of benzene rings is 1. The largest absolute Gasteiger partial charge is 0.369 e. The van der Waals surface area contributed by atoms with Crippen LogP contribution in [0.3, 0.4) is 0 Å². The molecule has 1 aromatic rings. The zero-order valence-electron chi connectivity index (χ0n) is 10.3. The first kappa shape index (κ1) is 12.7. The van der Waals surface area contributed by atoms with Gasteiger partial charge in [-0.25, -0.2) is 4.39 Å². The summed E-state index contributed by atoms with van der Waals surface area (Å²) in [5.41, 5.74) is 0.309. The van der Waals surface area contributed by atoms with Gasteiger partial charge in [0.15, 0.2) is 6.23 Å². The van der Waals surface area contributed by atoms with Gasteiger partial charge in [0.05, 0.1) is 0 Å². The third kappa shape index (κ3) is 1.78. The molecule has 2 unspecified atom stereocenters. The molecule has 1 fully saturated rings. The Morgan fingerprint density at radius 1 is 1.30 bits per heavy atom. The monoisotopic (exact) mass is 278 g/mol. The maximum Gasteiger partial charge on any atom is 0.257 e. The summed E-state index contributed by atoms with van der Waals surface area (Å²) in [7, 11) is 0. The summed E-state index contributed by atoms with van der Waals surface area (Å²) in [6, 6.07) is 2.55. The van der Waals surface area contributed by atoms with E-state index in [1.165, 1.54) is 6.07 Å². The number of aliphatic hydroxyl groups is 1. The van der Waals surface area contributed by atoms with Crippen molar-refractivity contribution in [2.24, 2.45) is 0 Å². The van der Waals surface area contributed by atoms with Crippen LogP contribution < -0.4 is 5.32 Å². The number of hydrogen-bond donors (Lipinski definition) is 2. The number of nitrogens with zero attached hydrogens (tertiary/aromatic N) is 1. The van der Waals surface area contributed by atoms with E-state index in [1.54, 1.807) is 0 Å². The number of carbonyl (C=O) groups is 3. The first-order chi connectivity index (χ1) is 9.49. The molecule has 3 rings (SSSR count). The average Bonchev–Trinajstić information content (AvgIpc) is 2.63. The van der Waals surface area contributed by atoms with Gasteiger partial charge in [0.2, 0.25) is 11.8 Å². The third-order valence-corrected chi connectivity index (χ3v) is 3.57. The SMILES string of the molecule is O=C1CCC(N2C(=O)c3ccc(F)cc3C2O)C(=O)N1. The van der Waals surface area contributed by atoms with Crippen LogP contribution in [0.5, 0.6) is 0 Å². The summed E-state index contributed by atoms with van der Waals surface area (Å²) in [4.78, 5) is 36.1. The maximum absolute atomic E-state index is 13.2. The van der Waals surface area contributed by atoms with Gasteiger partial charge >= 0.3 is 0 Å². The number of fused-ring (bicyclic) bond motifs is 1. The van der Waals surface area contributed by atoms with Crippen LogP contribution in [-0.2, 0) is 9.59 Å². The Hall–Kier alpha value is -2.28. The minimum absolute atomic E-state index is 0.0949. The molecular weight excluding hydrogens is 267 g/mol. The van der Waals surface area contributed by atoms with Gasteiger partial charge in [-0.2, -0.15) is 0 Å². The predicted molar refractivity (Wildman–Crippen MR) is 63.7 cm³/mol. The van der Waals surface area contributed by atoms with Crippen LogP contribution in [0.15, 0.2) is 18.2 Å². The highest BCUT2D eigenvalue weighted by Gasteiger charge is 2.44. The molecule has 0 bridgehead atoms. The second-order valence-corrected chi connectivity index (χ2v) is 4.78. The van der Waals surface area contributed by atoms with E-state index in [0.29, 0.717) is 0 Å². The quantitative estimate of drug-likeness (QED) is 0.712. The minimum Gasteiger partial charge on any atom is -0.369 e. The molecule has 2 atom stereocenters. The molecule has 0 spiro atoms. The van der Waals surface area contributed by atoms with E-state index in [0.717, 1.165) is 17.0 Å². The number of aliphatic hydroxyl groups excluding tert-OH is 1. The molecule has 104 valence electrons. The molecule has 2 N–H and O–H groups in total. The van der Waals surface area contributed by atoms with Gasteiger partial charge in [0.1, 0.15) is 11.9 Å². The van der Waals surface area contributed by atoms with Gasteiger partial charge in [0.25, 0.3) is 5.91 Å². The van der Waals surface area contributed by atoms with Gasteiger partial charge in [-0.15, -0.1) is 0 Å². The van der Waals surface area contributed by atoms with Crippen molar-refractivity contribution in [2.45, 2.75) is 25.1 Å². The van der Waals surface area contributed by atoms with Gasteiger partial charge in [0, 0.05) is 17.5 Å². The van der Waals surface area contributed by atoms with Crippen molar-refractivity contribution in [3.63, 3.8) is 0 Å². The van der Waals surface area contributed by atoms with E-state index in [-0.39, 0.29) is 24.0 Å². The topological polar surface area (TPSA) is 86.7 Å². The highest BCUT2D eigenvalue weighted by atomic mass is 19.1. The minimum atomic E-state index is -1.38. The summed E-state index contributed by atoms with van der Waals surface area (Å²) in [5, 5.41) is 12.3. The zero-order valence-corrected chi connectivity index (χ0v) is 10.3. The summed E-state index contributed by atoms with van der Waals surface area (Å²) in [6.45, 7) is 0. The van der Waals surface area contributed by atoms with Crippen molar-refractivity contribution in [2.75, 3.05) is 0 Å². The molecule has 2 aliphatic heterocycles. The first-order valence-corrected chi connectivity index (χ1v) is 6.13. The number of imide groups is 1. The Bertz CT molecular complexity index is 631. The molecule has 6 nitrogen and oxygen atoms in total. The van der Waals surface area contributed by atoms with Crippen LogP contribution >= 0.6 is 0 Å². The summed E-state index contributed by atoms with van der Waals surface area (Å²) >= 11 is 0. The van der Waals surface area contributed by atoms with Crippen LogP contribution in [0.1, 0.15) is 35.0 Å². The Balaban J connectivity index is 1.95. The standard InChI is InChI=1S/C13H11FN2O4/c14-6-1-2-7-8(5-6)13(20)16(12(7)19)9-3-4-10(17)15-11(9)18/h1-2,5,9,13,20H,3-4H2,(H,15,17,18). The van der Waals surface area contributed by atoms with Gasteiger partial charge in [-0.3, -0.25) is 24.6 Å². The Morgan fingerprint density at radius 2 is 2.05 bits per heavy atom. The molecule has 0 saturated carbocycles. The zero-order chi connectivity index (χ0) is 14.4. The average molecular weight is 278 g/mol. The van der Waals surface area contributed by atoms with Crippen molar-refractivity contribution in [1.29, 1.82) is 0 Å². The lowest BCUT2D eigenvalue weighted by Crippen LogP contribution is -2.53. The van der Waals surface area contributed by atoms with Crippen LogP contribution in [0, 0.1) is 5.82 Å². The highest BCUT2D eigenvalue weighted by molar-refractivity contribution is 6.05. The Labute approximate surface area is 113 Å². The molecule has 3 amide bonds. The lowest BCUT2D eigenvalue weighted by Gasteiger charge is -2.31. The van der Waals surface area contributed by atoms with Gasteiger partial charge < -0.3 is 5.11 Å². The normalized spacial score (nSPS) is 25.7. The third-order valence-electron chi connectivity index (χ3n) is 3.57. The lowest BCUT2D eigenvalue weighted by molar-refractivity contribution is -0.139. The second kappa shape index (κ2) is 4.38. The van der Waals surface area contributed by atoms with Crippen LogP contribution in [0.25, 0.3) is 0 Å². The summed E-state index contributed by atoms with van der Waals surface area (Å²) in [6.07, 6.45) is -1.14. The van der Waals surface area contributed by atoms with Crippen LogP contribution in [0.4, 0.5) is 4.39 Å². The molecule has 7 heteroatoms. The second-order valence-electron chi connectivity index (χ2n) is 4.78. The molecular formula is C13H11FN2O4.